The van der Waals surface area contributed by atoms with Gasteiger partial charge in [0.05, 0.1) is 11.3 Å². The molecule has 4 rings (SSSR count). The molecule has 168 valence electrons. The molecule has 0 fully saturated rings. The number of hydrogen-bond donors (Lipinski definition) is 1. The molecule has 0 saturated heterocycles. The standard InChI is InChI=1S/C29H30N2O2/c1-17(2)22-9-12-24(13-10-22)31-28(32)26(25-14-7-18(3)15-21(25)6)27(29(31)33)30-23-11-8-19(4)20(5)16-23/h7-17,30H,1-6H3. The highest BCUT2D eigenvalue weighted by Crippen LogP contribution is 2.36. The van der Waals surface area contributed by atoms with Crippen molar-refractivity contribution in [3.63, 3.8) is 0 Å². The van der Waals surface area contributed by atoms with Crippen LogP contribution in [0, 0.1) is 27.7 Å². The first-order chi connectivity index (χ1) is 15.7. The molecule has 0 saturated carbocycles. The summed E-state index contributed by atoms with van der Waals surface area (Å²) < 4.78 is 0. The van der Waals surface area contributed by atoms with Crippen LogP contribution in [0.5, 0.6) is 0 Å². The van der Waals surface area contributed by atoms with Gasteiger partial charge >= 0.3 is 0 Å². The summed E-state index contributed by atoms with van der Waals surface area (Å²) in [4.78, 5) is 28.6. The number of imide groups is 1. The molecule has 33 heavy (non-hydrogen) atoms. The lowest BCUT2D eigenvalue weighted by Crippen LogP contribution is -2.32. The number of hydrogen-bond acceptors (Lipinski definition) is 3. The van der Waals surface area contributed by atoms with Crippen LogP contribution in [0.4, 0.5) is 11.4 Å². The number of carbonyl (C=O) groups excluding carboxylic acids is 2. The van der Waals surface area contributed by atoms with Crippen LogP contribution >= 0.6 is 0 Å². The van der Waals surface area contributed by atoms with Gasteiger partial charge in [0, 0.05) is 5.69 Å². The normalized spacial score (nSPS) is 14.0. The van der Waals surface area contributed by atoms with Crippen molar-refractivity contribution in [2.45, 2.75) is 47.5 Å². The third-order valence-corrected chi connectivity index (χ3v) is 6.33. The molecule has 0 spiro atoms. The van der Waals surface area contributed by atoms with Crippen LogP contribution in [0.1, 0.15) is 53.1 Å². The third-order valence-electron chi connectivity index (χ3n) is 6.33. The summed E-state index contributed by atoms with van der Waals surface area (Å²) in [5, 5.41) is 3.28. The van der Waals surface area contributed by atoms with Crippen LogP contribution in [-0.4, -0.2) is 11.8 Å². The Morgan fingerprint density at radius 2 is 1.42 bits per heavy atom. The number of aryl methyl sites for hydroxylation is 4. The molecule has 4 heteroatoms. The van der Waals surface area contributed by atoms with Gasteiger partial charge < -0.3 is 5.32 Å². The van der Waals surface area contributed by atoms with Gasteiger partial charge in [-0.2, -0.15) is 0 Å². The summed E-state index contributed by atoms with van der Waals surface area (Å²) in [5.41, 5.74) is 8.37. The molecule has 3 aromatic rings. The van der Waals surface area contributed by atoms with Gasteiger partial charge in [0.2, 0.25) is 0 Å². The Balaban J connectivity index is 1.82. The van der Waals surface area contributed by atoms with E-state index in [1.165, 1.54) is 10.5 Å². The molecule has 2 amide bonds. The van der Waals surface area contributed by atoms with Crippen LogP contribution in [0.3, 0.4) is 0 Å². The molecule has 1 aliphatic heterocycles. The first-order valence-corrected chi connectivity index (χ1v) is 11.3. The number of anilines is 2. The van der Waals surface area contributed by atoms with Gasteiger partial charge in [-0.25, -0.2) is 4.90 Å². The molecule has 4 nitrogen and oxygen atoms in total. The average Bonchev–Trinajstić information content (AvgIpc) is 3.00. The number of amides is 2. The minimum Gasteiger partial charge on any atom is -0.350 e. The Kier molecular flexibility index (Phi) is 5.94. The van der Waals surface area contributed by atoms with Gasteiger partial charge in [-0.1, -0.05) is 55.8 Å². The van der Waals surface area contributed by atoms with Gasteiger partial charge in [0.15, 0.2) is 0 Å². The zero-order chi connectivity index (χ0) is 23.9. The number of benzene rings is 3. The van der Waals surface area contributed by atoms with Crippen LogP contribution in [0.15, 0.2) is 66.4 Å². The lowest BCUT2D eigenvalue weighted by atomic mass is 9.97. The Labute approximate surface area is 195 Å². The topological polar surface area (TPSA) is 49.4 Å². The second-order valence-electron chi connectivity index (χ2n) is 9.18. The van der Waals surface area contributed by atoms with Gasteiger partial charge in [-0.15, -0.1) is 0 Å². The number of rotatable bonds is 5. The molecule has 3 aromatic carbocycles. The number of carbonyl (C=O) groups is 2. The van der Waals surface area contributed by atoms with Crippen molar-refractivity contribution in [2.24, 2.45) is 0 Å². The van der Waals surface area contributed by atoms with E-state index in [-0.39, 0.29) is 11.8 Å². The van der Waals surface area contributed by atoms with Crippen molar-refractivity contribution in [1.29, 1.82) is 0 Å². The molecular formula is C29H30N2O2. The average molecular weight is 439 g/mol. The summed E-state index contributed by atoms with van der Waals surface area (Å²) in [6, 6.07) is 19.5. The van der Waals surface area contributed by atoms with Gasteiger partial charge in [0.25, 0.3) is 11.8 Å². The Morgan fingerprint density at radius 1 is 0.727 bits per heavy atom. The largest absolute Gasteiger partial charge is 0.350 e. The molecule has 1 heterocycles. The summed E-state index contributed by atoms with van der Waals surface area (Å²) in [6.45, 7) is 12.3. The Morgan fingerprint density at radius 3 is 2.03 bits per heavy atom. The lowest BCUT2D eigenvalue weighted by Gasteiger charge is -2.17. The van der Waals surface area contributed by atoms with Crippen LogP contribution < -0.4 is 10.2 Å². The van der Waals surface area contributed by atoms with Gasteiger partial charge in [-0.05, 0) is 85.7 Å². The third kappa shape index (κ3) is 4.21. The molecule has 0 aliphatic carbocycles. The molecule has 1 aliphatic rings. The predicted octanol–water partition coefficient (Wildman–Crippen LogP) is 6.44. The van der Waals surface area contributed by atoms with Crippen LogP contribution in [0.25, 0.3) is 5.57 Å². The highest BCUT2D eigenvalue weighted by atomic mass is 16.2. The van der Waals surface area contributed by atoms with E-state index in [4.69, 9.17) is 0 Å². The predicted molar refractivity (Wildman–Crippen MR) is 135 cm³/mol. The zero-order valence-electron chi connectivity index (χ0n) is 20.1. The van der Waals surface area contributed by atoms with Crippen molar-refractivity contribution >= 4 is 28.8 Å². The van der Waals surface area contributed by atoms with E-state index in [2.05, 4.69) is 19.2 Å². The molecule has 0 bridgehead atoms. The molecule has 0 atom stereocenters. The number of nitrogens with zero attached hydrogens (tertiary/aromatic N) is 1. The molecule has 0 radical (unpaired) electrons. The van der Waals surface area contributed by atoms with Crippen LogP contribution in [-0.2, 0) is 9.59 Å². The van der Waals surface area contributed by atoms with E-state index in [0.29, 0.717) is 22.9 Å². The van der Waals surface area contributed by atoms with Crippen molar-refractivity contribution in [3.05, 3.63) is 99.7 Å². The maximum absolute atomic E-state index is 13.7. The quantitative estimate of drug-likeness (QED) is 0.466. The Hall–Kier alpha value is -3.66. The first-order valence-electron chi connectivity index (χ1n) is 11.3. The van der Waals surface area contributed by atoms with Gasteiger partial charge in [-0.3, -0.25) is 9.59 Å². The fourth-order valence-corrected chi connectivity index (χ4v) is 4.20. The molecule has 0 unspecified atom stereocenters. The SMILES string of the molecule is Cc1ccc(C2=C(Nc3ccc(C)c(C)c3)C(=O)N(c3ccc(C(C)C)cc3)C2=O)c(C)c1. The van der Waals surface area contributed by atoms with E-state index >= 15 is 0 Å². The van der Waals surface area contributed by atoms with E-state index in [1.807, 2.05) is 88.4 Å². The van der Waals surface area contributed by atoms with E-state index < -0.39 is 0 Å². The summed E-state index contributed by atoms with van der Waals surface area (Å²) >= 11 is 0. The molecular weight excluding hydrogens is 408 g/mol. The first kappa shape index (κ1) is 22.5. The minimum absolute atomic E-state index is 0.308. The second-order valence-corrected chi connectivity index (χ2v) is 9.18. The van der Waals surface area contributed by atoms with Gasteiger partial charge in [0.1, 0.15) is 5.70 Å². The highest BCUT2D eigenvalue weighted by Gasteiger charge is 2.40. The Bertz CT molecular complexity index is 1280. The monoisotopic (exact) mass is 438 g/mol. The van der Waals surface area contributed by atoms with Crippen molar-refractivity contribution in [3.8, 4) is 0 Å². The smallest absolute Gasteiger partial charge is 0.282 e. The zero-order valence-corrected chi connectivity index (χ0v) is 20.1. The van der Waals surface area contributed by atoms with Crippen LogP contribution in [0.2, 0.25) is 0 Å². The van der Waals surface area contributed by atoms with Crippen molar-refractivity contribution in [1.82, 2.24) is 0 Å². The fraction of sp³-hybridized carbons (Fsp3) is 0.241. The summed E-state index contributed by atoms with van der Waals surface area (Å²) in [5.74, 6) is -0.281. The van der Waals surface area contributed by atoms with E-state index in [9.17, 15) is 9.59 Å². The second kappa shape index (κ2) is 8.70. The lowest BCUT2D eigenvalue weighted by molar-refractivity contribution is -0.120. The fourth-order valence-electron chi connectivity index (χ4n) is 4.20. The van der Waals surface area contributed by atoms with E-state index in [1.54, 1.807) is 0 Å². The molecule has 0 aromatic heterocycles. The highest BCUT2D eigenvalue weighted by molar-refractivity contribution is 6.46. The number of nitrogens with one attached hydrogen (secondary N) is 1. The van der Waals surface area contributed by atoms with Crippen molar-refractivity contribution in [2.75, 3.05) is 10.2 Å². The van der Waals surface area contributed by atoms with Crippen molar-refractivity contribution < 1.29 is 9.59 Å². The van der Waals surface area contributed by atoms with E-state index in [0.717, 1.165) is 33.5 Å². The minimum atomic E-state index is -0.342. The molecule has 1 N–H and O–H groups in total. The maximum Gasteiger partial charge on any atom is 0.282 e. The summed E-state index contributed by atoms with van der Waals surface area (Å²) in [7, 11) is 0. The maximum atomic E-state index is 13.7. The summed E-state index contributed by atoms with van der Waals surface area (Å²) in [6.07, 6.45) is 0.